The van der Waals surface area contributed by atoms with Crippen LogP contribution in [0.3, 0.4) is 0 Å². The molecule has 0 saturated heterocycles. The molecule has 4 nitrogen and oxygen atoms in total. The lowest BCUT2D eigenvalue weighted by molar-refractivity contribution is 0.624. The smallest absolute Gasteiger partial charge is 0.0927 e. The van der Waals surface area contributed by atoms with E-state index in [9.17, 15) is 0 Å². The van der Waals surface area contributed by atoms with Crippen molar-refractivity contribution in [2.24, 2.45) is 10.8 Å². The zero-order chi connectivity index (χ0) is 7.28. The van der Waals surface area contributed by atoms with Gasteiger partial charge in [0.25, 0.3) is 0 Å². The second kappa shape index (κ2) is 4.00. The molecule has 1 unspecified atom stereocenters. The maximum atomic E-state index is 6.87. The summed E-state index contributed by atoms with van der Waals surface area (Å²) in [5, 5.41) is 10.1. The van der Waals surface area contributed by atoms with Crippen molar-refractivity contribution < 1.29 is 0 Å². The summed E-state index contributed by atoms with van der Waals surface area (Å²) in [6.07, 6.45) is 1.20. The Hall–Kier alpha value is -0.930. The molecular formula is C5H12N4. The molecule has 0 bridgehead atoms. The molecule has 0 fully saturated rings. The molecule has 0 spiro atoms. The topological polar surface area (TPSA) is 86.1 Å². The Labute approximate surface area is 54.5 Å². The van der Waals surface area contributed by atoms with Crippen LogP contribution in [-0.2, 0) is 0 Å². The van der Waals surface area contributed by atoms with Gasteiger partial charge in [0.2, 0.25) is 0 Å². The zero-order valence-electron chi connectivity index (χ0n) is 5.52. The Morgan fingerprint density at radius 1 is 1.78 bits per heavy atom. The number of amidine groups is 1. The van der Waals surface area contributed by atoms with E-state index in [4.69, 9.17) is 16.7 Å². The van der Waals surface area contributed by atoms with Crippen LogP contribution < -0.4 is 5.73 Å². The van der Waals surface area contributed by atoms with E-state index in [1.807, 2.05) is 6.92 Å². The van der Waals surface area contributed by atoms with Crippen LogP contribution in [0.25, 0.3) is 0 Å². The second-order valence-electron chi connectivity index (χ2n) is 1.92. The van der Waals surface area contributed by atoms with Crippen molar-refractivity contribution in [2.45, 2.75) is 25.8 Å². The molecule has 9 heavy (non-hydrogen) atoms. The first kappa shape index (κ1) is 8.07. The number of nitrogens with one attached hydrogen (secondary N) is 2. The lowest BCUT2D eigenvalue weighted by Crippen LogP contribution is -2.16. The van der Waals surface area contributed by atoms with Crippen LogP contribution in [0.5, 0.6) is 0 Å². The Morgan fingerprint density at radius 2 is 2.33 bits per heavy atom. The van der Waals surface area contributed by atoms with Crippen LogP contribution >= 0.6 is 0 Å². The largest absolute Gasteiger partial charge is 0.388 e. The first-order chi connectivity index (χ1) is 4.20. The van der Waals surface area contributed by atoms with Gasteiger partial charge in [-0.15, -0.1) is 0 Å². The summed E-state index contributed by atoms with van der Waals surface area (Å²) >= 11 is 0. The van der Waals surface area contributed by atoms with Gasteiger partial charge in [0.05, 0.1) is 11.9 Å². The third kappa shape index (κ3) is 3.64. The summed E-state index contributed by atoms with van der Waals surface area (Å²) in [5.74, 6) is 0.109. The molecule has 52 valence electrons. The Morgan fingerprint density at radius 3 is 2.44 bits per heavy atom. The van der Waals surface area contributed by atoms with Gasteiger partial charge in [-0.2, -0.15) is 5.11 Å². The number of rotatable bonds is 4. The van der Waals surface area contributed by atoms with E-state index >= 15 is 0 Å². The summed E-state index contributed by atoms with van der Waals surface area (Å²) in [7, 11) is 0. The van der Waals surface area contributed by atoms with Gasteiger partial charge in [0.1, 0.15) is 0 Å². The highest BCUT2D eigenvalue weighted by Gasteiger charge is 2.03. The summed E-state index contributed by atoms with van der Waals surface area (Å²) in [6, 6.07) is -0.0810. The quantitative estimate of drug-likeness (QED) is 0.296. The minimum atomic E-state index is -0.0810. The molecule has 0 heterocycles. The molecule has 0 rings (SSSR count). The van der Waals surface area contributed by atoms with E-state index in [-0.39, 0.29) is 11.9 Å². The first-order valence-corrected chi connectivity index (χ1v) is 2.90. The van der Waals surface area contributed by atoms with Gasteiger partial charge in [-0.3, -0.25) is 5.41 Å². The van der Waals surface area contributed by atoms with Crippen molar-refractivity contribution in [3.8, 4) is 0 Å². The second-order valence-corrected chi connectivity index (χ2v) is 1.92. The molecule has 0 aliphatic rings. The molecule has 4 N–H and O–H groups in total. The Kier molecular flexibility index (Phi) is 3.59. The minimum absolute atomic E-state index is 0.0810. The predicted octanol–water partition coefficient (Wildman–Crippen LogP) is 1.12. The van der Waals surface area contributed by atoms with Gasteiger partial charge in [0, 0.05) is 6.42 Å². The first-order valence-electron chi connectivity index (χ1n) is 2.90. The van der Waals surface area contributed by atoms with E-state index in [2.05, 4.69) is 5.11 Å². The van der Waals surface area contributed by atoms with E-state index in [0.29, 0.717) is 6.42 Å². The van der Waals surface area contributed by atoms with Crippen LogP contribution in [0.2, 0.25) is 0 Å². The zero-order valence-corrected chi connectivity index (χ0v) is 5.52. The summed E-state index contributed by atoms with van der Waals surface area (Å²) in [6.45, 7) is 1.92. The molecular weight excluding hydrogens is 116 g/mol. The fourth-order valence-electron chi connectivity index (χ4n) is 0.535. The maximum absolute atomic E-state index is 6.87. The summed E-state index contributed by atoms with van der Waals surface area (Å²) < 4.78 is 0. The van der Waals surface area contributed by atoms with Crippen molar-refractivity contribution in [1.29, 1.82) is 10.9 Å². The summed E-state index contributed by atoms with van der Waals surface area (Å²) in [5.41, 5.74) is 11.7. The molecule has 0 aromatic rings. The molecule has 0 aromatic heterocycles. The van der Waals surface area contributed by atoms with E-state index in [1.165, 1.54) is 0 Å². The number of nitrogens with zero attached hydrogens (tertiary/aromatic N) is 1. The maximum Gasteiger partial charge on any atom is 0.0927 e. The molecule has 0 aliphatic heterocycles. The number of nitrogens with two attached hydrogens (primary N) is 1. The lowest BCUT2D eigenvalue weighted by atomic mass is 10.1. The van der Waals surface area contributed by atoms with Gasteiger partial charge < -0.3 is 5.73 Å². The van der Waals surface area contributed by atoms with Crippen molar-refractivity contribution in [3.63, 3.8) is 0 Å². The average Bonchev–Trinajstić information content (AvgIpc) is 1.82. The van der Waals surface area contributed by atoms with Gasteiger partial charge in [-0.1, -0.05) is 6.92 Å². The van der Waals surface area contributed by atoms with Crippen molar-refractivity contribution in [2.75, 3.05) is 0 Å². The molecule has 4 heteroatoms. The molecule has 1 atom stereocenters. The molecule has 0 aliphatic carbocycles. The third-order valence-corrected chi connectivity index (χ3v) is 1.11. The van der Waals surface area contributed by atoms with Crippen LogP contribution in [-0.4, -0.2) is 11.9 Å². The predicted molar refractivity (Wildman–Crippen MR) is 35.8 cm³/mol. The van der Waals surface area contributed by atoms with Crippen LogP contribution in [0.4, 0.5) is 0 Å². The molecule has 0 radical (unpaired) electrons. The van der Waals surface area contributed by atoms with Crippen LogP contribution in [0.1, 0.15) is 19.8 Å². The van der Waals surface area contributed by atoms with Gasteiger partial charge in [-0.25, -0.2) is 5.53 Å². The molecule has 0 aromatic carbocycles. The van der Waals surface area contributed by atoms with E-state index in [0.717, 1.165) is 6.42 Å². The van der Waals surface area contributed by atoms with Crippen LogP contribution in [0.15, 0.2) is 5.11 Å². The highest BCUT2D eigenvalue weighted by molar-refractivity contribution is 5.77. The van der Waals surface area contributed by atoms with E-state index in [1.54, 1.807) is 0 Å². The lowest BCUT2D eigenvalue weighted by Gasteiger charge is -2.03. The standard InChI is InChI=1S/C5H12N4/c1-2-4(9-8)3-5(6)7/h4,8H,2-3H2,1H3,(H3,6,7). The van der Waals surface area contributed by atoms with Gasteiger partial charge in [0.15, 0.2) is 0 Å². The molecule has 0 saturated carbocycles. The highest BCUT2D eigenvalue weighted by Crippen LogP contribution is 2.00. The molecule has 0 amide bonds. The summed E-state index contributed by atoms with van der Waals surface area (Å²) in [4.78, 5) is 0. The van der Waals surface area contributed by atoms with Crippen molar-refractivity contribution >= 4 is 5.84 Å². The van der Waals surface area contributed by atoms with Crippen LogP contribution in [0, 0.1) is 10.9 Å². The third-order valence-electron chi connectivity index (χ3n) is 1.11. The van der Waals surface area contributed by atoms with Gasteiger partial charge >= 0.3 is 0 Å². The SMILES string of the molecule is CCC(CC(=N)N)N=N. The number of hydrogen-bond acceptors (Lipinski definition) is 3. The average molecular weight is 128 g/mol. The fourth-order valence-corrected chi connectivity index (χ4v) is 0.535. The Bertz CT molecular complexity index is 110. The van der Waals surface area contributed by atoms with Crippen molar-refractivity contribution in [3.05, 3.63) is 0 Å². The van der Waals surface area contributed by atoms with Gasteiger partial charge in [-0.05, 0) is 6.42 Å². The minimum Gasteiger partial charge on any atom is -0.388 e. The fraction of sp³-hybridized carbons (Fsp3) is 0.800. The van der Waals surface area contributed by atoms with E-state index < -0.39 is 0 Å². The number of hydrogen-bond donors (Lipinski definition) is 3. The Balaban J connectivity index is 3.55. The van der Waals surface area contributed by atoms with Crippen molar-refractivity contribution in [1.82, 2.24) is 0 Å². The highest BCUT2D eigenvalue weighted by atomic mass is 15.0. The normalized spacial score (nSPS) is 12.6. The monoisotopic (exact) mass is 128 g/mol.